The van der Waals surface area contributed by atoms with Crippen LogP contribution in [0.5, 0.6) is 0 Å². The molecule has 2 aromatic carbocycles. The van der Waals surface area contributed by atoms with Gasteiger partial charge in [-0.3, -0.25) is 14.4 Å². The van der Waals surface area contributed by atoms with E-state index in [1.165, 1.54) is 0 Å². The molecular weight excluding hydrogens is 342 g/mol. The number of nitrogens with one attached hydrogen (secondary N) is 2. The zero-order chi connectivity index (χ0) is 19.2. The molecule has 0 unspecified atom stereocenters. The molecule has 1 heterocycles. The lowest BCUT2D eigenvalue weighted by Gasteiger charge is -2.19. The van der Waals surface area contributed by atoms with Crippen LogP contribution in [-0.2, 0) is 20.8 Å². The SMILES string of the molecule is Cc1ccc(NC(=O)C(=O)NCCc2ccccc2)cc1N1CCCC1=O. The highest BCUT2D eigenvalue weighted by Gasteiger charge is 2.23. The molecule has 3 amide bonds. The summed E-state index contributed by atoms with van der Waals surface area (Å²) in [4.78, 5) is 37.8. The van der Waals surface area contributed by atoms with Gasteiger partial charge in [-0.05, 0) is 43.0 Å². The minimum atomic E-state index is -0.717. The Hall–Kier alpha value is -3.15. The smallest absolute Gasteiger partial charge is 0.313 e. The summed E-state index contributed by atoms with van der Waals surface area (Å²) in [6.45, 7) is 2.98. The molecule has 0 aliphatic carbocycles. The predicted molar refractivity (Wildman–Crippen MR) is 105 cm³/mol. The minimum absolute atomic E-state index is 0.0835. The first-order chi connectivity index (χ1) is 13.0. The van der Waals surface area contributed by atoms with Crippen LogP contribution in [0.25, 0.3) is 0 Å². The normalized spacial score (nSPS) is 13.5. The molecule has 0 aromatic heterocycles. The highest BCUT2D eigenvalue weighted by molar-refractivity contribution is 6.39. The summed E-state index contributed by atoms with van der Waals surface area (Å²) in [6, 6.07) is 15.1. The fourth-order valence-electron chi connectivity index (χ4n) is 3.11. The molecule has 0 atom stereocenters. The first-order valence-electron chi connectivity index (χ1n) is 9.09. The van der Waals surface area contributed by atoms with E-state index in [9.17, 15) is 14.4 Å². The number of hydrogen-bond acceptors (Lipinski definition) is 3. The van der Waals surface area contributed by atoms with Gasteiger partial charge in [-0.1, -0.05) is 36.4 Å². The van der Waals surface area contributed by atoms with Gasteiger partial charge in [0.05, 0.1) is 0 Å². The molecule has 1 saturated heterocycles. The number of carbonyl (C=O) groups excluding carboxylic acids is 3. The van der Waals surface area contributed by atoms with Gasteiger partial charge in [-0.2, -0.15) is 0 Å². The molecule has 2 N–H and O–H groups in total. The Balaban J connectivity index is 1.57. The lowest BCUT2D eigenvalue weighted by molar-refractivity contribution is -0.136. The van der Waals surface area contributed by atoms with Crippen molar-refractivity contribution in [3.63, 3.8) is 0 Å². The topological polar surface area (TPSA) is 78.5 Å². The van der Waals surface area contributed by atoms with E-state index >= 15 is 0 Å². The van der Waals surface area contributed by atoms with E-state index in [0.29, 0.717) is 31.6 Å². The molecule has 140 valence electrons. The van der Waals surface area contributed by atoms with Gasteiger partial charge in [0.2, 0.25) is 5.91 Å². The number of rotatable bonds is 5. The largest absolute Gasteiger partial charge is 0.347 e. The summed E-state index contributed by atoms with van der Waals surface area (Å²) in [5.41, 5.74) is 3.32. The van der Waals surface area contributed by atoms with Gasteiger partial charge in [0, 0.05) is 30.9 Å². The van der Waals surface area contributed by atoms with Crippen molar-refractivity contribution < 1.29 is 14.4 Å². The second kappa shape index (κ2) is 8.49. The molecule has 3 rings (SSSR count). The quantitative estimate of drug-likeness (QED) is 0.799. The van der Waals surface area contributed by atoms with Gasteiger partial charge in [0.15, 0.2) is 0 Å². The van der Waals surface area contributed by atoms with E-state index < -0.39 is 11.8 Å². The lowest BCUT2D eigenvalue weighted by atomic mass is 10.1. The molecule has 0 spiro atoms. The number of carbonyl (C=O) groups is 3. The summed E-state index contributed by atoms with van der Waals surface area (Å²) in [7, 11) is 0. The summed E-state index contributed by atoms with van der Waals surface area (Å²) in [6.07, 6.45) is 2.03. The molecule has 0 bridgehead atoms. The molecule has 1 aliphatic rings. The van der Waals surface area contributed by atoms with E-state index in [-0.39, 0.29) is 5.91 Å². The third-order valence-electron chi connectivity index (χ3n) is 4.58. The number of hydrogen-bond donors (Lipinski definition) is 2. The van der Waals surface area contributed by atoms with Gasteiger partial charge in [-0.15, -0.1) is 0 Å². The fraction of sp³-hybridized carbons (Fsp3) is 0.286. The Morgan fingerprint density at radius 3 is 2.56 bits per heavy atom. The molecule has 1 fully saturated rings. The molecule has 6 nitrogen and oxygen atoms in total. The lowest BCUT2D eigenvalue weighted by Crippen LogP contribution is -2.36. The van der Waals surface area contributed by atoms with Gasteiger partial charge < -0.3 is 15.5 Å². The summed E-state index contributed by atoms with van der Waals surface area (Å²) < 4.78 is 0. The number of benzene rings is 2. The molecular formula is C21H23N3O3. The van der Waals surface area contributed by atoms with Crippen LogP contribution < -0.4 is 15.5 Å². The van der Waals surface area contributed by atoms with Crippen molar-refractivity contribution in [2.45, 2.75) is 26.2 Å². The summed E-state index contributed by atoms with van der Waals surface area (Å²) >= 11 is 0. The Morgan fingerprint density at radius 2 is 1.85 bits per heavy atom. The van der Waals surface area contributed by atoms with E-state index in [1.54, 1.807) is 17.0 Å². The van der Waals surface area contributed by atoms with E-state index in [1.807, 2.05) is 43.3 Å². The van der Waals surface area contributed by atoms with Crippen LogP contribution >= 0.6 is 0 Å². The molecule has 1 aliphatic heterocycles. The number of aryl methyl sites for hydroxylation is 1. The molecule has 0 saturated carbocycles. The van der Waals surface area contributed by atoms with Gasteiger partial charge in [-0.25, -0.2) is 0 Å². The van der Waals surface area contributed by atoms with Crippen LogP contribution in [0.2, 0.25) is 0 Å². The maximum absolute atomic E-state index is 12.1. The van der Waals surface area contributed by atoms with Crippen molar-refractivity contribution in [1.29, 1.82) is 0 Å². The van der Waals surface area contributed by atoms with Crippen molar-refractivity contribution in [3.05, 3.63) is 59.7 Å². The van der Waals surface area contributed by atoms with Crippen molar-refractivity contribution >= 4 is 29.1 Å². The Bertz CT molecular complexity index is 849. The standard InChI is InChI=1S/C21H23N3O3/c1-15-9-10-17(14-18(15)24-13-5-8-19(24)25)23-21(27)20(26)22-12-11-16-6-3-2-4-7-16/h2-4,6-7,9-10,14H,5,8,11-13H2,1H3,(H,22,26)(H,23,27). The highest BCUT2D eigenvalue weighted by Crippen LogP contribution is 2.28. The number of nitrogens with zero attached hydrogens (tertiary/aromatic N) is 1. The van der Waals surface area contributed by atoms with Crippen LogP contribution in [0.15, 0.2) is 48.5 Å². The number of anilines is 2. The number of amides is 3. The average molecular weight is 365 g/mol. The molecule has 2 aromatic rings. The second-order valence-corrected chi connectivity index (χ2v) is 6.60. The Morgan fingerprint density at radius 1 is 1.07 bits per heavy atom. The van der Waals surface area contributed by atoms with Gasteiger partial charge in [0.25, 0.3) is 0 Å². The Labute approximate surface area is 158 Å². The van der Waals surface area contributed by atoms with Gasteiger partial charge >= 0.3 is 11.8 Å². The predicted octanol–water partition coefficient (Wildman–Crippen LogP) is 2.42. The maximum atomic E-state index is 12.1. The monoisotopic (exact) mass is 365 g/mol. The third kappa shape index (κ3) is 4.73. The van der Waals surface area contributed by atoms with Crippen LogP contribution in [0.3, 0.4) is 0 Å². The molecule has 6 heteroatoms. The van der Waals surface area contributed by atoms with E-state index in [0.717, 1.165) is 23.2 Å². The second-order valence-electron chi connectivity index (χ2n) is 6.60. The average Bonchev–Trinajstić information content (AvgIpc) is 3.09. The molecule has 0 radical (unpaired) electrons. The van der Waals surface area contributed by atoms with E-state index in [4.69, 9.17) is 0 Å². The van der Waals surface area contributed by atoms with Crippen molar-refractivity contribution in [2.24, 2.45) is 0 Å². The maximum Gasteiger partial charge on any atom is 0.313 e. The first kappa shape index (κ1) is 18.6. The summed E-state index contributed by atoms with van der Waals surface area (Å²) in [5, 5.41) is 5.23. The zero-order valence-corrected chi connectivity index (χ0v) is 15.3. The van der Waals surface area contributed by atoms with E-state index in [2.05, 4.69) is 10.6 Å². The third-order valence-corrected chi connectivity index (χ3v) is 4.58. The van der Waals surface area contributed by atoms with Crippen LogP contribution in [0.4, 0.5) is 11.4 Å². The fourth-order valence-corrected chi connectivity index (χ4v) is 3.11. The molecule has 27 heavy (non-hydrogen) atoms. The van der Waals surface area contributed by atoms with Crippen LogP contribution in [0, 0.1) is 6.92 Å². The zero-order valence-electron chi connectivity index (χ0n) is 15.3. The van der Waals surface area contributed by atoms with Crippen molar-refractivity contribution in [2.75, 3.05) is 23.3 Å². The first-order valence-corrected chi connectivity index (χ1v) is 9.09. The van der Waals surface area contributed by atoms with Gasteiger partial charge in [0.1, 0.15) is 0 Å². The van der Waals surface area contributed by atoms with Crippen LogP contribution in [-0.4, -0.2) is 30.8 Å². The summed E-state index contributed by atoms with van der Waals surface area (Å²) in [5.74, 6) is -1.31. The van der Waals surface area contributed by atoms with Crippen molar-refractivity contribution in [3.8, 4) is 0 Å². The minimum Gasteiger partial charge on any atom is -0.347 e. The highest BCUT2D eigenvalue weighted by atomic mass is 16.2. The van der Waals surface area contributed by atoms with Crippen molar-refractivity contribution in [1.82, 2.24) is 5.32 Å². The van der Waals surface area contributed by atoms with Crippen LogP contribution in [0.1, 0.15) is 24.0 Å². The Kier molecular flexibility index (Phi) is 5.86.